The number of aliphatic hydroxyl groups is 1. The lowest BCUT2D eigenvalue weighted by atomic mass is 9.96. The standard InChI is InChI=1S/C13H20FNO3S/c1-4-9(2)13(10(3)16)15-19(17,18)12-7-5-11(14)6-8-12/h5-10,13,15-16H,4H2,1-3H3. The van der Waals surface area contributed by atoms with Gasteiger partial charge in [0.05, 0.1) is 17.0 Å². The van der Waals surface area contributed by atoms with E-state index < -0.39 is 28.0 Å². The zero-order chi connectivity index (χ0) is 14.6. The van der Waals surface area contributed by atoms with Crippen molar-refractivity contribution in [3.63, 3.8) is 0 Å². The minimum Gasteiger partial charge on any atom is -0.392 e. The summed E-state index contributed by atoms with van der Waals surface area (Å²) in [5.74, 6) is -0.497. The Hall–Kier alpha value is -0.980. The average Bonchev–Trinajstić information content (AvgIpc) is 2.35. The van der Waals surface area contributed by atoms with Gasteiger partial charge in [-0.05, 0) is 37.1 Å². The second-order valence-electron chi connectivity index (χ2n) is 4.73. The van der Waals surface area contributed by atoms with Gasteiger partial charge in [-0.15, -0.1) is 0 Å². The molecule has 0 fully saturated rings. The molecule has 2 N–H and O–H groups in total. The third-order valence-corrected chi connectivity index (χ3v) is 4.67. The molecule has 0 aliphatic carbocycles. The van der Waals surface area contributed by atoms with E-state index in [-0.39, 0.29) is 10.8 Å². The van der Waals surface area contributed by atoms with Crippen molar-refractivity contribution in [2.75, 3.05) is 0 Å². The smallest absolute Gasteiger partial charge is 0.240 e. The van der Waals surface area contributed by atoms with Gasteiger partial charge in [0.2, 0.25) is 10.0 Å². The van der Waals surface area contributed by atoms with Crippen LogP contribution in [-0.2, 0) is 10.0 Å². The molecule has 4 nitrogen and oxygen atoms in total. The van der Waals surface area contributed by atoms with Gasteiger partial charge in [0, 0.05) is 0 Å². The van der Waals surface area contributed by atoms with Crippen LogP contribution in [0.5, 0.6) is 0 Å². The Morgan fingerprint density at radius 1 is 1.26 bits per heavy atom. The summed E-state index contributed by atoms with van der Waals surface area (Å²) in [5, 5.41) is 9.68. The van der Waals surface area contributed by atoms with Crippen LogP contribution in [-0.4, -0.2) is 25.7 Å². The van der Waals surface area contributed by atoms with Crippen LogP contribution in [0.15, 0.2) is 29.2 Å². The van der Waals surface area contributed by atoms with Crippen molar-refractivity contribution in [1.29, 1.82) is 0 Å². The van der Waals surface area contributed by atoms with E-state index in [4.69, 9.17) is 0 Å². The highest BCUT2D eigenvalue weighted by atomic mass is 32.2. The molecule has 0 bridgehead atoms. The van der Waals surface area contributed by atoms with Crippen molar-refractivity contribution in [3.8, 4) is 0 Å². The van der Waals surface area contributed by atoms with Gasteiger partial charge in [0.15, 0.2) is 0 Å². The lowest BCUT2D eigenvalue weighted by Crippen LogP contribution is -2.46. The average molecular weight is 289 g/mol. The SMILES string of the molecule is CCC(C)C(NS(=O)(=O)c1ccc(F)cc1)C(C)O. The zero-order valence-corrected chi connectivity index (χ0v) is 12.1. The zero-order valence-electron chi connectivity index (χ0n) is 11.3. The number of benzene rings is 1. The lowest BCUT2D eigenvalue weighted by Gasteiger charge is -2.26. The van der Waals surface area contributed by atoms with Gasteiger partial charge in [0.1, 0.15) is 5.82 Å². The molecule has 3 atom stereocenters. The Morgan fingerprint density at radius 3 is 2.21 bits per heavy atom. The molecule has 1 aromatic rings. The van der Waals surface area contributed by atoms with Gasteiger partial charge in [0.25, 0.3) is 0 Å². The summed E-state index contributed by atoms with van der Waals surface area (Å²) in [4.78, 5) is -0.0112. The number of aliphatic hydroxyl groups excluding tert-OH is 1. The molecule has 0 spiro atoms. The molecule has 108 valence electrons. The molecule has 0 aromatic heterocycles. The fourth-order valence-electron chi connectivity index (χ4n) is 1.80. The Balaban J connectivity index is 2.97. The number of nitrogens with one attached hydrogen (secondary N) is 1. The lowest BCUT2D eigenvalue weighted by molar-refractivity contribution is 0.128. The van der Waals surface area contributed by atoms with Crippen LogP contribution in [0, 0.1) is 11.7 Å². The summed E-state index contributed by atoms with van der Waals surface area (Å²) >= 11 is 0. The van der Waals surface area contributed by atoms with Crippen molar-refractivity contribution in [1.82, 2.24) is 4.72 Å². The van der Waals surface area contributed by atoms with E-state index in [9.17, 15) is 17.9 Å². The molecular weight excluding hydrogens is 269 g/mol. The van der Waals surface area contributed by atoms with Gasteiger partial charge in [-0.25, -0.2) is 17.5 Å². The summed E-state index contributed by atoms with van der Waals surface area (Å²) in [7, 11) is -3.75. The van der Waals surface area contributed by atoms with Crippen LogP contribution in [0.3, 0.4) is 0 Å². The maximum absolute atomic E-state index is 12.8. The Bertz CT molecular complexity index is 499. The predicted molar refractivity (Wildman–Crippen MR) is 71.6 cm³/mol. The van der Waals surface area contributed by atoms with Gasteiger partial charge in [-0.1, -0.05) is 20.3 Å². The van der Waals surface area contributed by atoms with E-state index in [0.717, 1.165) is 18.6 Å². The van der Waals surface area contributed by atoms with Gasteiger partial charge >= 0.3 is 0 Å². The first-order valence-corrected chi connectivity index (χ1v) is 7.72. The van der Waals surface area contributed by atoms with E-state index in [1.165, 1.54) is 12.1 Å². The molecule has 0 saturated carbocycles. The highest BCUT2D eigenvalue weighted by Gasteiger charge is 2.27. The summed E-state index contributed by atoms with van der Waals surface area (Å²) in [6, 6.07) is 4.02. The molecule has 0 aliphatic rings. The summed E-state index contributed by atoms with van der Waals surface area (Å²) in [6.45, 7) is 5.33. The minimum absolute atomic E-state index is 0.00442. The summed E-state index contributed by atoms with van der Waals surface area (Å²) < 4.78 is 39.5. The largest absolute Gasteiger partial charge is 0.392 e. The van der Waals surface area contributed by atoms with Crippen LogP contribution in [0.2, 0.25) is 0 Å². The van der Waals surface area contributed by atoms with Gasteiger partial charge < -0.3 is 5.11 Å². The third-order valence-electron chi connectivity index (χ3n) is 3.19. The van der Waals surface area contributed by atoms with E-state index in [0.29, 0.717) is 0 Å². The van der Waals surface area contributed by atoms with Gasteiger partial charge in [-0.3, -0.25) is 0 Å². The number of halogens is 1. The molecule has 3 unspecified atom stereocenters. The Kier molecular flexibility index (Phi) is 5.46. The predicted octanol–water partition coefficient (Wildman–Crippen LogP) is 1.90. The monoisotopic (exact) mass is 289 g/mol. The second-order valence-corrected chi connectivity index (χ2v) is 6.44. The van der Waals surface area contributed by atoms with Crippen molar-refractivity contribution >= 4 is 10.0 Å². The summed E-state index contributed by atoms with van der Waals surface area (Å²) in [5.41, 5.74) is 0. The maximum Gasteiger partial charge on any atom is 0.240 e. The maximum atomic E-state index is 12.8. The van der Waals surface area contributed by atoms with Crippen LogP contribution < -0.4 is 4.72 Å². The van der Waals surface area contributed by atoms with Crippen molar-refractivity contribution in [2.24, 2.45) is 5.92 Å². The van der Waals surface area contributed by atoms with Crippen molar-refractivity contribution in [2.45, 2.75) is 44.2 Å². The Morgan fingerprint density at radius 2 is 1.79 bits per heavy atom. The van der Waals surface area contributed by atoms with Crippen LogP contribution in [0.4, 0.5) is 4.39 Å². The van der Waals surface area contributed by atoms with Gasteiger partial charge in [-0.2, -0.15) is 0 Å². The molecule has 0 heterocycles. The minimum atomic E-state index is -3.75. The first-order valence-electron chi connectivity index (χ1n) is 6.24. The molecule has 0 saturated heterocycles. The number of sulfonamides is 1. The third kappa shape index (κ3) is 4.26. The molecule has 19 heavy (non-hydrogen) atoms. The molecule has 6 heteroatoms. The first kappa shape index (κ1) is 16.1. The number of hydrogen-bond donors (Lipinski definition) is 2. The first-order chi connectivity index (χ1) is 8.77. The van der Waals surface area contributed by atoms with Crippen molar-refractivity contribution < 1.29 is 17.9 Å². The van der Waals surface area contributed by atoms with Crippen LogP contribution >= 0.6 is 0 Å². The fraction of sp³-hybridized carbons (Fsp3) is 0.538. The van der Waals surface area contributed by atoms with E-state index >= 15 is 0 Å². The van der Waals surface area contributed by atoms with Crippen LogP contribution in [0.1, 0.15) is 27.2 Å². The molecule has 1 rings (SSSR count). The number of rotatable bonds is 6. The molecule has 0 radical (unpaired) electrons. The Labute approximate surface area is 113 Å². The van der Waals surface area contributed by atoms with E-state index in [1.54, 1.807) is 6.92 Å². The molecule has 0 aliphatic heterocycles. The molecule has 0 amide bonds. The van der Waals surface area contributed by atoms with Crippen molar-refractivity contribution in [3.05, 3.63) is 30.1 Å². The topological polar surface area (TPSA) is 66.4 Å². The second kappa shape index (κ2) is 6.45. The molecular formula is C13H20FNO3S. The summed E-state index contributed by atoms with van der Waals surface area (Å²) in [6.07, 6.45) is -0.0632. The quantitative estimate of drug-likeness (QED) is 0.840. The highest BCUT2D eigenvalue weighted by Crippen LogP contribution is 2.16. The normalized spacial score (nSPS) is 16.9. The van der Waals surface area contributed by atoms with E-state index in [2.05, 4.69) is 4.72 Å². The fourth-order valence-corrected chi connectivity index (χ4v) is 3.22. The number of hydrogen-bond acceptors (Lipinski definition) is 3. The highest BCUT2D eigenvalue weighted by molar-refractivity contribution is 7.89. The molecule has 1 aromatic carbocycles. The van der Waals surface area contributed by atoms with Crippen LogP contribution in [0.25, 0.3) is 0 Å². The van der Waals surface area contributed by atoms with E-state index in [1.807, 2.05) is 13.8 Å².